The Morgan fingerprint density at radius 3 is 1.33 bits per heavy atom. The maximum Gasteiger partial charge on any atom is 4.00 e. The molecule has 0 saturated carbocycles. The number of fused-ring (bicyclic) bond motifs is 3. The predicted octanol–water partition coefficient (Wildman–Crippen LogP) is -7.89. The Bertz CT molecular complexity index is 503. The van der Waals surface area contributed by atoms with Gasteiger partial charge in [-0.25, -0.2) is 0 Å². The summed E-state index contributed by atoms with van der Waals surface area (Å²) >= 11 is 0. The fourth-order valence-electron chi connectivity index (χ4n) is 2.78. The van der Waals surface area contributed by atoms with E-state index in [0.29, 0.717) is 5.54 Å². The van der Waals surface area contributed by atoms with Gasteiger partial charge in [0.2, 0.25) is 0 Å². The molecule has 0 saturated heterocycles. The first kappa shape index (κ1) is 26.4. The number of hydrogen-bond acceptors (Lipinski definition) is 0. The van der Waals surface area contributed by atoms with Gasteiger partial charge in [-0.3, -0.25) is 0 Å². The molecule has 0 aliphatic heterocycles. The molecule has 2 aromatic rings. The molecule has 6 heteroatoms. The summed E-state index contributed by atoms with van der Waals surface area (Å²) in [7, 11) is -0.336. The summed E-state index contributed by atoms with van der Waals surface area (Å²) in [5.74, 6) is 0. The van der Waals surface area contributed by atoms with Crippen LogP contribution in [0.5, 0.6) is 0 Å². The maximum absolute atomic E-state index is 2.41. The third-order valence-corrected chi connectivity index (χ3v) is 5.19. The van der Waals surface area contributed by atoms with Crippen LogP contribution in [0.15, 0.2) is 48.5 Å². The topological polar surface area (TPSA) is 0 Å². The van der Waals surface area contributed by atoms with Crippen molar-refractivity contribution in [3.63, 3.8) is 0 Å². The Balaban J connectivity index is -0.000000648. The minimum absolute atomic E-state index is 0. The van der Waals surface area contributed by atoms with Crippen molar-refractivity contribution in [2.75, 3.05) is 0 Å². The first-order chi connectivity index (χ1) is 7.79. The maximum atomic E-state index is 2.41. The third kappa shape index (κ3) is 4.75. The molecule has 2 aromatic carbocycles. The van der Waals surface area contributed by atoms with Crippen LogP contribution in [0.3, 0.4) is 0 Å². The van der Waals surface area contributed by atoms with Crippen LogP contribution in [0.4, 0.5) is 0 Å². The second-order valence-electron chi connectivity index (χ2n) is 4.68. The summed E-state index contributed by atoms with van der Waals surface area (Å²) in [4.78, 5) is 0. The van der Waals surface area contributed by atoms with Crippen molar-refractivity contribution in [1.29, 1.82) is 0 Å². The normalized spacial score (nSPS) is 10.6. The van der Waals surface area contributed by atoms with E-state index in [2.05, 4.69) is 61.6 Å². The SMILES string of the molecule is C[Si](C)C1c2ccccc2-c2ccccc21.[Cl-].[Cl-].[Cl-].[Cl-].[Ti+4]. The van der Waals surface area contributed by atoms with Crippen LogP contribution in [-0.4, -0.2) is 8.80 Å². The van der Waals surface area contributed by atoms with E-state index < -0.39 is 0 Å². The minimum atomic E-state index is -0.336. The molecule has 0 bridgehead atoms. The Morgan fingerprint density at radius 2 is 1.00 bits per heavy atom. The molecule has 1 radical (unpaired) electrons. The first-order valence-electron chi connectivity index (χ1n) is 5.77. The molecule has 0 heterocycles. The van der Waals surface area contributed by atoms with Crippen LogP contribution in [0.2, 0.25) is 13.1 Å². The molecule has 1 aliphatic rings. The van der Waals surface area contributed by atoms with Gasteiger partial charge in [0.25, 0.3) is 0 Å². The van der Waals surface area contributed by atoms with Gasteiger partial charge in [0.05, 0.1) is 8.80 Å². The van der Waals surface area contributed by atoms with Crippen molar-refractivity contribution in [3.8, 4) is 11.1 Å². The van der Waals surface area contributed by atoms with E-state index in [4.69, 9.17) is 0 Å². The van der Waals surface area contributed by atoms with Gasteiger partial charge in [-0.05, 0) is 22.3 Å². The molecular weight excluding hydrogens is 398 g/mol. The summed E-state index contributed by atoms with van der Waals surface area (Å²) in [5.41, 5.74) is 6.67. The molecule has 0 amide bonds. The van der Waals surface area contributed by atoms with Gasteiger partial charge in [-0.15, -0.1) is 0 Å². The number of rotatable bonds is 1. The second kappa shape index (κ2) is 11.1. The molecular formula is C15H15Cl4SiTi. The molecule has 0 nitrogen and oxygen atoms in total. The third-order valence-electron chi connectivity index (χ3n) is 3.41. The van der Waals surface area contributed by atoms with Gasteiger partial charge in [-0.1, -0.05) is 61.6 Å². The molecule has 0 spiro atoms. The Labute approximate surface area is 168 Å². The van der Waals surface area contributed by atoms with Crippen LogP contribution in [-0.2, 0) is 21.7 Å². The zero-order valence-electron chi connectivity index (χ0n) is 11.7. The van der Waals surface area contributed by atoms with Gasteiger partial charge in [0.1, 0.15) is 0 Å². The van der Waals surface area contributed by atoms with E-state index in [1.165, 1.54) is 11.1 Å². The smallest absolute Gasteiger partial charge is 1.00 e. The summed E-state index contributed by atoms with van der Waals surface area (Å²) in [6.07, 6.45) is 0. The monoisotopic (exact) mass is 411 g/mol. The summed E-state index contributed by atoms with van der Waals surface area (Å²) in [6.45, 7) is 4.82. The van der Waals surface area contributed by atoms with Crippen molar-refractivity contribution in [1.82, 2.24) is 0 Å². The van der Waals surface area contributed by atoms with E-state index in [1.807, 2.05) is 0 Å². The fraction of sp³-hybridized carbons (Fsp3) is 0.200. The zero-order valence-corrected chi connectivity index (χ0v) is 17.3. The van der Waals surface area contributed by atoms with Crippen LogP contribution < -0.4 is 49.6 Å². The van der Waals surface area contributed by atoms with E-state index in [1.54, 1.807) is 11.1 Å². The van der Waals surface area contributed by atoms with Crippen molar-refractivity contribution < 1.29 is 71.3 Å². The molecule has 0 N–H and O–H groups in total. The molecule has 3 rings (SSSR count). The zero-order chi connectivity index (χ0) is 11.1. The molecule has 0 unspecified atom stereocenters. The van der Waals surface area contributed by atoms with Crippen LogP contribution >= 0.6 is 0 Å². The second-order valence-corrected chi connectivity index (χ2v) is 7.42. The van der Waals surface area contributed by atoms with Crippen molar-refractivity contribution in [3.05, 3.63) is 59.7 Å². The first-order valence-corrected chi connectivity index (χ1v) is 8.35. The summed E-state index contributed by atoms with van der Waals surface area (Å²) in [5, 5.41) is 0. The predicted molar refractivity (Wildman–Crippen MR) is 71.2 cm³/mol. The number of halogens is 4. The molecule has 0 fully saturated rings. The van der Waals surface area contributed by atoms with Crippen LogP contribution in [0.1, 0.15) is 16.7 Å². The van der Waals surface area contributed by atoms with Crippen LogP contribution in [0, 0.1) is 0 Å². The standard InChI is InChI=1S/C15H15Si.4ClH.Ti/c1-16(2)15-13-9-5-3-7-11(13)12-8-4-6-10-14(12)15;;;;;/h3-10,15H,1-2H3;4*1H;/q;;;;;+4/p-4. The van der Waals surface area contributed by atoms with E-state index in [-0.39, 0.29) is 80.1 Å². The van der Waals surface area contributed by atoms with E-state index in [0.717, 1.165) is 0 Å². The average molecular weight is 413 g/mol. The Kier molecular flexibility index (Phi) is 14.0. The largest absolute Gasteiger partial charge is 4.00 e. The summed E-state index contributed by atoms with van der Waals surface area (Å²) in [6, 6.07) is 17.8. The summed E-state index contributed by atoms with van der Waals surface area (Å²) < 4.78 is 0. The molecule has 1 aliphatic carbocycles. The van der Waals surface area contributed by atoms with Crippen molar-refractivity contribution in [2.45, 2.75) is 18.6 Å². The van der Waals surface area contributed by atoms with Gasteiger partial charge < -0.3 is 49.6 Å². The van der Waals surface area contributed by atoms with Crippen LogP contribution in [0.25, 0.3) is 11.1 Å². The molecule has 21 heavy (non-hydrogen) atoms. The van der Waals surface area contributed by atoms with E-state index in [9.17, 15) is 0 Å². The molecule has 0 aromatic heterocycles. The molecule has 0 atom stereocenters. The van der Waals surface area contributed by atoms with E-state index >= 15 is 0 Å². The van der Waals surface area contributed by atoms with Gasteiger partial charge in [0, 0.05) is 5.54 Å². The average Bonchev–Trinajstić information content (AvgIpc) is 2.63. The quantitative estimate of drug-likeness (QED) is 0.408. The molecule has 111 valence electrons. The van der Waals surface area contributed by atoms with Crippen molar-refractivity contribution in [2.24, 2.45) is 0 Å². The number of hydrogen-bond donors (Lipinski definition) is 0. The van der Waals surface area contributed by atoms with Gasteiger partial charge in [-0.2, -0.15) is 0 Å². The number of benzene rings is 2. The Morgan fingerprint density at radius 1 is 0.667 bits per heavy atom. The minimum Gasteiger partial charge on any atom is -1.00 e. The fourth-order valence-corrected chi connectivity index (χ4v) is 4.53. The van der Waals surface area contributed by atoms with Gasteiger partial charge >= 0.3 is 21.7 Å². The van der Waals surface area contributed by atoms with Crippen molar-refractivity contribution >= 4 is 8.80 Å². The van der Waals surface area contributed by atoms with Gasteiger partial charge in [0.15, 0.2) is 0 Å². The Hall–Kier alpha value is 0.531.